The molecule has 1 aromatic carbocycles. The molecule has 1 unspecified atom stereocenters. The fraction of sp³-hybridized carbons (Fsp3) is 0.562. The number of nitrogens with one attached hydrogen (secondary N) is 2. The number of para-hydroxylation sites is 1. The Kier molecular flexibility index (Phi) is 9.81. The number of anilines is 1. The first-order valence-corrected chi connectivity index (χ1v) is 7.21. The van der Waals surface area contributed by atoms with Gasteiger partial charge in [-0.1, -0.05) is 45.4 Å². The third-order valence-electron chi connectivity index (χ3n) is 2.57. The van der Waals surface area contributed by atoms with Gasteiger partial charge >= 0.3 is 0 Å². The molecule has 1 rings (SSSR count). The fourth-order valence-electron chi connectivity index (χ4n) is 1.77. The third kappa shape index (κ3) is 6.39. The summed E-state index contributed by atoms with van der Waals surface area (Å²) in [7, 11) is 0. The van der Waals surface area contributed by atoms with Crippen molar-refractivity contribution in [2.24, 2.45) is 0 Å². The molecule has 0 aliphatic rings. The summed E-state index contributed by atoms with van der Waals surface area (Å²) in [6.07, 6.45) is 2.08. The molecule has 108 valence electrons. The van der Waals surface area contributed by atoms with Crippen molar-refractivity contribution in [3.63, 3.8) is 0 Å². The summed E-state index contributed by atoms with van der Waals surface area (Å²) in [5.41, 5.74) is 2.49. The lowest BCUT2D eigenvalue weighted by atomic mass is 10.1. The first-order valence-electron chi connectivity index (χ1n) is 7.21. The molecule has 19 heavy (non-hydrogen) atoms. The predicted octanol–water partition coefficient (Wildman–Crippen LogP) is 4.68. The molecule has 0 spiro atoms. The van der Waals surface area contributed by atoms with Crippen LogP contribution in [0.15, 0.2) is 24.3 Å². The molecule has 0 aliphatic heterocycles. The van der Waals surface area contributed by atoms with Crippen LogP contribution in [0.25, 0.3) is 0 Å². The molecule has 0 heterocycles. The second-order valence-electron chi connectivity index (χ2n) is 4.05. The molecular weight excluding hydrogens is 236 g/mol. The zero-order valence-corrected chi connectivity index (χ0v) is 12.9. The smallest absolute Gasteiger partial charge is 0.127 e. The van der Waals surface area contributed by atoms with Crippen LogP contribution in [0.3, 0.4) is 0 Å². The van der Waals surface area contributed by atoms with Crippen LogP contribution in [0.5, 0.6) is 0 Å². The zero-order valence-electron chi connectivity index (χ0n) is 12.9. The van der Waals surface area contributed by atoms with Crippen LogP contribution < -0.4 is 5.32 Å². The van der Waals surface area contributed by atoms with Crippen LogP contribution in [-0.4, -0.2) is 18.5 Å². The van der Waals surface area contributed by atoms with Crippen molar-refractivity contribution in [2.75, 3.05) is 11.9 Å². The number of benzene rings is 1. The molecule has 1 aromatic rings. The van der Waals surface area contributed by atoms with E-state index in [0.29, 0.717) is 12.3 Å². The van der Waals surface area contributed by atoms with Crippen molar-refractivity contribution >= 4 is 11.4 Å². The molecule has 0 saturated heterocycles. The van der Waals surface area contributed by atoms with Crippen LogP contribution >= 0.6 is 0 Å². The van der Waals surface area contributed by atoms with Gasteiger partial charge in [0.25, 0.3) is 0 Å². The lowest BCUT2D eigenvalue weighted by molar-refractivity contribution is 0.0762. The minimum absolute atomic E-state index is 0.0329. The van der Waals surface area contributed by atoms with Gasteiger partial charge in [0, 0.05) is 23.6 Å². The zero-order chi connectivity index (χ0) is 14.7. The summed E-state index contributed by atoms with van der Waals surface area (Å²) in [6, 6.07) is 7.88. The third-order valence-corrected chi connectivity index (χ3v) is 2.57. The van der Waals surface area contributed by atoms with Crippen molar-refractivity contribution < 1.29 is 4.74 Å². The molecule has 3 nitrogen and oxygen atoms in total. The summed E-state index contributed by atoms with van der Waals surface area (Å²) in [4.78, 5) is 0. The molecule has 0 amide bonds. The highest BCUT2D eigenvalue weighted by Crippen LogP contribution is 2.18. The van der Waals surface area contributed by atoms with Gasteiger partial charge in [-0.15, -0.1) is 0 Å². The van der Waals surface area contributed by atoms with Gasteiger partial charge < -0.3 is 15.5 Å². The average Bonchev–Trinajstić information content (AvgIpc) is 2.42. The van der Waals surface area contributed by atoms with Gasteiger partial charge in [0.15, 0.2) is 0 Å². The largest absolute Gasteiger partial charge is 0.360 e. The molecule has 0 saturated carbocycles. The lowest BCUT2D eigenvalue weighted by Gasteiger charge is -2.21. The summed E-state index contributed by atoms with van der Waals surface area (Å²) in [5, 5.41) is 11.1. The van der Waals surface area contributed by atoms with E-state index in [4.69, 9.17) is 10.1 Å². The van der Waals surface area contributed by atoms with Crippen LogP contribution in [0.1, 0.15) is 53.0 Å². The van der Waals surface area contributed by atoms with Crippen LogP contribution in [0.4, 0.5) is 5.69 Å². The molecule has 0 bridgehead atoms. The first kappa shape index (κ1) is 17.6. The Morgan fingerprint density at radius 2 is 1.89 bits per heavy atom. The van der Waals surface area contributed by atoms with E-state index < -0.39 is 0 Å². The van der Waals surface area contributed by atoms with E-state index in [1.807, 2.05) is 45.0 Å². The normalized spacial score (nSPS) is 11.2. The highest BCUT2D eigenvalue weighted by Gasteiger charge is 2.10. The van der Waals surface area contributed by atoms with Gasteiger partial charge in [0.1, 0.15) is 6.23 Å². The number of rotatable bonds is 7. The van der Waals surface area contributed by atoms with Crippen LogP contribution in [0, 0.1) is 5.41 Å². The molecule has 0 radical (unpaired) electrons. The highest BCUT2D eigenvalue weighted by atomic mass is 16.5. The Balaban J connectivity index is 0.00000154. The van der Waals surface area contributed by atoms with E-state index in [9.17, 15) is 0 Å². The maximum Gasteiger partial charge on any atom is 0.127 e. The van der Waals surface area contributed by atoms with Gasteiger partial charge in [-0.25, -0.2) is 0 Å². The van der Waals surface area contributed by atoms with Crippen LogP contribution in [0.2, 0.25) is 0 Å². The average molecular weight is 264 g/mol. The predicted molar refractivity (Wildman–Crippen MR) is 84.2 cm³/mol. The monoisotopic (exact) mass is 264 g/mol. The maximum atomic E-state index is 7.74. The molecule has 2 N–H and O–H groups in total. The van der Waals surface area contributed by atoms with Crippen molar-refractivity contribution in [3.05, 3.63) is 29.8 Å². The Hall–Kier alpha value is -1.35. The van der Waals surface area contributed by atoms with Gasteiger partial charge in [0.2, 0.25) is 0 Å². The van der Waals surface area contributed by atoms with E-state index in [2.05, 4.69) is 12.2 Å². The van der Waals surface area contributed by atoms with Gasteiger partial charge in [-0.3, -0.25) is 0 Å². The quantitative estimate of drug-likeness (QED) is 0.555. The van der Waals surface area contributed by atoms with Crippen molar-refractivity contribution in [2.45, 2.75) is 53.7 Å². The Morgan fingerprint density at radius 1 is 1.26 bits per heavy atom. The summed E-state index contributed by atoms with van der Waals surface area (Å²) in [5.74, 6) is 0. The first-order chi connectivity index (χ1) is 9.19. The fourth-order valence-corrected chi connectivity index (χ4v) is 1.77. The van der Waals surface area contributed by atoms with E-state index in [-0.39, 0.29) is 6.23 Å². The van der Waals surface area contributed by atoms with Crippen LogP contribution in [-0.2, 0) is 4.74 Å². The molecule has 1 atom stereocenters. The topological polar surface area (TPSA) is 45.1 Å². The molecular formula is C16H28N2O. The molecule has 0 aromatic heterocycles. The minimum Gasteiger partial charge on any atom is -0.360 e. The van der Waals surface area contributed by atoms with Gasteiger partial charge in [0.05, 0.1) is 0 Å². The second kappa shape index (κ2) is 10.6. The minimum atomic E-state index is 0.0329. The summed E-state index contributed by atoms with van der Waals surface area (Å²) >= 11 is 0. The Morgan fingerprint density at radius 3 is 2.42 bits per heavy atom. The van der Waals surface area contributed by atoms with Crippen molar-refractivity contribution in [3.8, 4) is 0 Å². The molecule has 3 heteroatoms. The lowest BCUT2D eigenvalue weighted by Crippen LogP contribution is -2.24. The number of hydrogen-bond acceptors (Lipinski definition) is 3. The van der Waals surface area contributed by atoms with Crippen molar-refractivity contribution in [1.29, 1.82) is 5.41 Å². The van der Waals surface area contributed by atoms with E-state index in [0.717, 1.165) is 24.1 Å². The van der Waals surface area contributed by atoms with Crippen molar-refractivity contribution in [1.82, 2.24) is 0 Å². The number of ether oxygens (including phenoxy) is 1. The van der Waals surface area contributed by atoms with Gasteiger partial charge in [-0.2, -0.15) is 0 Å². The molecule has 0 fully saturated rings. The summed E-state index contributed by atoms with van der Waals surface area (Å²) < 4.78 is 5.64. The SMILES string of the molecule is CC.CCCC(Nc1ccccc1C(C)=N)OCC. The maximum absolute atomic E-state index is 7.74. The molecule has 0 aliphatic carbocycles. The second-order valence-corrected chi connectivity index (χ2v) is 4.05. The summed E-state index contributed by atoms with van der Waals surface area (Å²) in [6.45, 7) is 10.6. The number of hydrogen-bond donors (Lipinski definition) is 2. The van der Waals surface area contributed by atoms with E-state index in [1.165, 1.54) is 0 Å². The van der Waals surface area contributed by atoms with E-state index >= 15 is 0 Å². The standard InChI is InChI=1S/C14H22N2O.C2H6/c1-4-8-14(17-5-2)16-13-10-7-6-9-12(13)11(3)15;1-2/h6-7,9-10,14-16H,4-5,8H2,1-3H3;1-2H3. The Bertz CT molecular complexity index is 358. The van der Waals surface area contributed by atoms with Gasteiger partial charge in [-0.05, 0) is 26.3 Å². The highest BCUT2D eigenvalue weighted by molar-refractivity contribution is 6.01. The van der Waals surface area contributed by atoms with E-state index in [1.54, 1.807) is 6.92 Å². The Labute approximate surface area is 117 Å².